The van der Waals surface area contributed by atoms with Crippen molar-refractivity contribution in [3.8, 4) is 0 Å². The number of aromatic nitrogens is 3. The second kappa shape index (κ2) is 3.75. The van der Waals surface area contributed by atoms with Gasteiger partial charge in [-0.05, 0) is 0 Å². The number of hydrogen-bond donors (Lipinski definition) is 1. The Morgan fingerprint density at radius 2 is 2.21 bits per heavy atom. The predicted octanol–water partition coefficient (Wildman–Crippen LogP) is -1.14. The molecule has 1 aliphatic rings. The smallest absolute Gasteiger partial charge is 0.273 e. The Morgan fingerprint density at radius 3 is 2.79 bits per heavy atom. The van der Waals surface area contributed by atoms with Crippen molar-refractivity contribution in [3.63, 3.8) is 0 Å². The Labute approximate surface area is 81.9 Å². The molecule has 2 heterocycles. The van der Waals surface area contributed by atoms with Gasteiger partial charge in [0.05, 0.1) is 6.20 Å². The highest BCUT2D eigenvalue weighted by Crippen LogP contribution is 2.02. The third kappa shape index (κ3) is 1.60. The Kier molecular flexibility index (Phi) is 2.45. The van der Waals surface area contributed by atoms with E-state index < -0.39 is 0 Å². The molecule has 0 aliphatic carbocycles. The van der Waals surface area contributed by atoms with E-state index in [1.54, 1.807) is 7.05 Å². The molecule has 1 saturated heterocycles. The van der Waals surface area contributed by atoms with Crippen LogP contribution in [0.3, 0.4) is 0 Å². The number of carbonyl (C=O) groups is 1. The molecule has 6 heteroatoms. The van der Waals surface area contributed by atoms with Crippen molar-refractivity contribution in [1.82, 2.24) is 25.2 Å². The number of aryl methyl sites for hydroxylation is 1. The van der Waals surface area contributed by atoms with Gasteiger partial charge >= 0.3 is 0 Å². The molecule has 1 aromatic rings. The van der Waals surface area contributed by atoms with Crippen molar-refractivity contribution in [3.05, 3.63) is 11.9 Å². The minimum Gasteiger partial charge on any atom is -0.335 e. The van der Waals surface area contributed by atoms with Crippen LogP contribution in [0.1, 0.15) is 10.5 Å². The summed E-state index contributed by atoms with van der Waals surface area (Å²) in [6.07, 6.45) is 1.50. The zero-order valence-electron chi connectivity index (χ0n) is 8.10. The minimum atomic E-state index is 0.0130. The molecular weight excluding hydrogens is 182 g/mol. The second-order valence-electron chi connectivity index (χ2n) is 3.29. The van der Waals surface area contributed by atoms with Crippen LogP contribution in [0.5, 0.6) is 0 Å². The van der Waals surface area contributed by atoms with E-state index in [0.717, 1.165) is 26.2 Å². The van der Waals surface area contributed by atoms with E-state index in [-0.39, 0.29) is 5.91 Å². The Morgan fingerprint density at radius 1 is 1.50 bits per heavy atom. The predicted molar refractivity (Wildman–Crippen MR) is 49.8 cm³/mol. The van der Waals surface area contributed by atoms with Crippen LogP contribution < -0.4 is 5.32 Å². The molecule has 1 N–H and O–H groups in total. The fourth-order valence-electron chi connectivity index (χ4n) is 1.51. The summed E-state index contributed by atoms with van der Waals surface area (Å²) in [4.78, 5) is 13.7. The lowest BCUT2D eigenvalue weighted by Gasteiger charge is -2.26. The van der Waals surface area contributed by atoms with E-state index in [2.05, 4.69) is 15.6 Å². The van der Waals surface area contributed by atoms with E-state index in [0.29, 0.717) is 5.69 Å². The van der Waals surface area contributed by atoms with Crippen molar-refractivity contribution >= 4 is 5.91 Å². The average Bonchev–Trinajstić information content (AvgIpc) is 2.65. The molecule has 1 fully saturated rings. The van der Waals surface area contributed by atoms with Crippen LogP contribution >= 0.6 is 0 Å². The lowest BCUT2D eigenvalue weighted by atomic mass is 10.3. The Hall–Kier alpha value is -1.43. The monoisotopic (exact) mass is 195 g/mol. The highest BCUT2D eigenvalue weighted by atomic mass is 16.2. The van der Waals surface area contributed by atoms with Gasteiger partial charge in [0, 0.05) is 33.2 Å². The van der Waals surface area contributed by atoms with Gasteiger partial charge in [-0.2, -0.15) is 0 Å². The molecule has 0 unspecified atom stereocenters. The van der Waals surface area contributed by atoms with Gasteiger partial charge in [-0.1, -0.05) is 5.21 Å². The summed E-state index contributed by atoms with van der Waals surface area (Å²) in [7, 11) is 1.72. The second-order valence-corrected chi connectivity index (χ2v) is 3.29. The van der Waals surface area contributed by atoms with Crippen LogP contribution in [0, 0.1) is 0 Å². The van der Waals surface area contributed by atoms with E-state index >= 15 is 0 Å². The lowest BCUT2D eigenvalue weighted by molar-refractivity contribution is 0.0724. The number of amides is 1. The summed E-state index contributed by atoms with van der Waals surface area (Å²) in [6.45, 7) is 3.22. The molecule has 0 atom stereocenters. The van der Waals surface area contributed by atoms with E-state index in [9.17, 15) is 4.79 Å². The molecule has 1 aliphatic heterocycles. The van der Waals surface area contributed by atoms with Gasteiger partial charge in [0.2, 0.25) is 0 Å². The number of nitrogens with zero attached hydrogens (tertiary/aromatic N) is 4. The molecule has 76 valence electrons. The van der Waals surface area contributed by atoms with Gasteiger partial charge in [0.25, 0.3) is 5.91 Å². The quantitative estimate of drug-likeness (QED) is 0.615. The first-order valence-electron chi connectivity index (χ1n) is 4.63. The van der Waals surface area contributed by atoms with E-state index in [4.69, 9.17) is 0 Å². The summed E-state index contributed by atoms with van der Waals surface area (Å²) >= 11 is 0. The Balaban J connectivity index is 2.11. The van der Waals surface area contributed by atoms with Crippen LogP contribution in [0.2, 0.25) is 0 Å². The van der Waals surface area contributed by atoms with Crippen LogP contribution in [0.25, 0.3) is 0 Å². The van der Waals surface area contributed by atoms with E-state index in [1.807, 2.05) is 4.90 Å². The highest BCUT2D eigenvalue weighted by Gasteiger charge is 2.20. The summed E-state index contributed by atoms with van der Waals surface area (Å²) < 4.78 is 1.50. The average molecular weight is 195 g/mol. The third-order valence-electron chi connectivity index (χ3n) is 2.34. The lowest BCUT2D eigenvalue weighted by Crippen LogP contribution is -2.46. The maximum atomic E-state index is 11.9. The topological polar surface area (TPSA) is 63.1 Å². The number of rotatable bonds is 1. The Bertz CT molecular complexity index is 328. The maximum absolute atomic E-state index is 11.9. The first-order chi connectivity index (χ1) is 6.79. The fourth-order valence-corrected chi connectivity index (χ4v) is 1.51. The third-order valence-corrected chi connectivity index (χ3v) is 2.34. The van der Waals surface area contributed by atoms with Gasteiger partial charge in [-0.15, -0.1) is 5.10 Å². The van der Waals surface area contributed by atoms with Crippen LogP contribution in [-0.2, 0) is 7.05 Å². The molecule has 1 amide bonds. The van der Waals surface area contributed by atoms with Crippen molar-refractivity contribution in [2.24, 2.45) is 7.05 Å². The standard InChI is InChI=1S/C8H13N5O/c1-12-7(6-10-11-12)8(14)13-4-2-9-3-5-13/h6,9H,2-5H2,1H3. The minimum absolute atomic E-state index is 0.0130. The number of piperazine rings is 1. The first kappa shape index (κ1) is 9.14. The first-order valence-corrected chi connectivity index (χ1v) is 4.63. The molecule has 0 spiro atoms. The molecule has 1 aromatic heterocycles. The fraction of sp³-hybridized carbons (Fsp3) is 0.625. The van der Waals surface area contributed by atoms with Crippen molar-refractivity contribution < 1.29 is 4.79 Å². The van der Waals surface area contributed by atoms with Gasteiger partial charge < -0.3 is 10.2 Å². The largest absolute Gasteiger partial charge is 0.335 e. The SMILES string of the molecule is Cn1nncc1C(=O)N1CCNCC1. The van der Waals surface area contributed by atoms with E-state index in [1.165, 1.54) is 10.9 Å². The van der Waals surface area contributed by atoms with Crippen molar-refractivity contribution in [1.29, 1.82) is 0 Å². The molecule has 0 aromatic carbocycles. The van der Waals surface area contributed by atoms with Gasteiger partial charge in [0.15, 0.2) is 0 Å². The summed E-state index contributed by atoms with van der Waals surface area (Å²) in [5, 5.41) is 10.6. The molecule has 6 nitrogen and oxygen atoms in total. The molecular formula is C8H13N5O. The van der Waals surface area contributed by atoms with Crippen LogP contribution in [-0.4, -0.2) is 52.0 Å². The number of nitrogens with one attached hydrogen (secondary N) is 1. The molecule has 0 bridgehead atoms. The zero-order chi connectivity index (χ0) is 9.97. The molecule has 2 rings (SSSR count). The van der Waals surface area contributed by atoms with Gasteiger partial charge in [0.1, 0.15) is 5.69 Å². The highest BCUT2D eigenvalue weighted by molar-refractivity contribution is 5.92. The summed E-state index contributed by atoms with van der Waals surface area (Å²) in [5.74, 6) is 0.0130. The maximum Gasteiger partial charge on any atom is 0.273 e. The number of hydrogen-bond acceptors (Lipinski definition) is 4. The normalized spacial score (nSPS) is 17.1. The van der Waals surface area contributed by atoms with Crippen LogP contribution in [0.4, 0.5) is 0 Å². The van der Waals surface area contributed by atoms with Crippen LogP contribution in [0.15, 0.2) is 6.20 Å². The van der Waals surface area contributed by atoms with Gasteiger partial charge in [-0.3, -0.25) is 4.79 Å². The van der Waals surface area contributed by atoms with Gasteiger partial charge in [-0.25, -0.2) is 4.68 Å². The molecule has 0 radical (unpaired) electrons. The number of carbonyl (C=O) groups excluding carboxylic acids is 1. The molecule has 14 heavy (non-hydrogen) atoms. The van der Waals surface area contributed by atoms with Crippen molar-refractivity contribution in [2.45, 2.75) is 0 Å². The zero-order valence-corrected chi connectivity index (χ0v) is 8.10. The summed E-state index contributed by atoms with van der Waals surface area (Å²) in [5.41, 5.74) is 0.548. The summed E-state index contributed by atoms with van der Waals surface area (Å²) in [6, 6.07) is 0. The molecule has 0 saturated carbocycles. The van der Waals surface area contributed by atoms with Crippen molar-refractivity contribution in [2.75, 3.05) is 26.2 Å².